The zero-order valence-corrected chi connectivity index (χ0v) is 15.4. The van der Waals surface area contributed by atoms with Crippen molar-refractivity contribution in [3.8, 4) is 0 Å². The van der Waals surface area contributed by atoms with Gasteiger partial charge in [-0.3, -0.25) is 14.3 Å². The van der Waals surface area contributed by atoms with E-state index >= 15 is 0 Å². The Kier molecular flexibility index (Phi) is 4.83. The molecule has 3 aromatic rings. The number of benzene rings is 2. The molecule has 2 aromatic carbocycles. The molecule has 27 heavy (non-hydrogen) atoms. The number of quaternary nitrogens is 1. The second kappa shape index (κ2) is 7.42. The Hall–Kier alpha value is -2.83. The first-order chi connectivity index (χ1) is 13.1. The highest BCUT2D eigenvalue weighted by Crippen LogP contribution is 2.15. The van der Waals surface area contributed by atoms with E-state index in [1.54, 1.807) is 4.57 Å². The van der Waals surface area contributed by atoms with E-state index in [2.05, 4.69) is 10.3 Å². The number of nitrogens with zero attached hydrogens (tertiary/aromatic N) is 1. The van der Waals surface area contributed by atoms with Crippen molar-refractivity contribution in [2.45, 2.75) is 19.6 Å². The second-order valence-electron chi connectivity index (χ2n) is 6.71. The molecule has 4 rings (SSSR count). The summed E-state index contributed by atoms with van der Waals surface area (Å²) in [5, 5.41) is 4.01. The van der Waals surface area contributed by atoms with E-state index in [1.807, 2.05) is 54.6 Å². The minimum atomic E-state index is -0.398. The summed E-state index contributed by atoms with van der Waals surface area (Å²) in [5.74, 6) is 0.607. The van der Waals surface area contributed by atoms with E-state index in [0.29, 0.717) is 37.7 Å². The lowest BCUT2D eigenvalue weighted by Gasteiger charge is -2.28. The summed E-state index contributed by atoms with van der Waals surface area (Å²) in [6, 6.07) is 17.4. The van der Waals surface area contributed by atoms with Crippen molar-refractivity contribution < 1.29 is 4.90 Å². The number of rotatable bonds is 4. The van der Waals surface area contributed by atoms with E-state index in [4.69, 9.17) is 11.6 Å². The van der Waals surface area contributed by atoms with Gasteiger partial charge in [-0.05, 0) is 11.6 Å². The molecule has 1 unspecified atom stereocenters. The Balaban J connectivity index is 1.64. The van der Waals surface area contributed by atoms with Crippen LogP contribution < -0.4 is 21.5 Å². The molecule has 6 nitrogen and oxygen atoms in total. The lowest BCUT2D eigenvalue weighted by Crippen LogP contribution is -3.11. The topological polar surface area (TPSA) is 71.3 Å². The van der Waals surface area contributed by atoms with Gasteiger partial charge in [0.05, 0.1) is 6.54 Å². The average Bonchev–Trinajstić information content (AvgIpc) is 2.68. The summed E-state index contributed by atoms with van der Waals surface area (Å²) in [5.41, 5.74) is 1.90. The maximum atomic E-state index is 12.4. The Morgan fingerprint density at radius 1 is 1.04 bits per heavy atom. The summed E-state index contributed by atoms with van der Waals surface area (Å²) >= 11 is 6.26. The highest BCUT2D eigenvalue weighted by Gasteiger charge is 2.26. The van der Waals surface area contributed by atoms with Gasteiger partial charge in [0.1, 0.15) is 24.5 Å². The van der Waals surface area contributed by atoms with Gasteiger partial charge in [0.2, 0.25) is 0 Å². The molecule has 0 spiro atoms. The van der Waals surface area contributed by atoms with E-state index < -0.39 is 5.69 Å². The largest absolute Gasteiger partial charge is 0.330 e. The van der Waals surface area contributed by atoms with Gasteiger partial charge in [0.15, 0.2) is 6.67 Å². The number of halogens is 1. The van der Waals surface area contributed by atoms with Gasteiger partial charge in [-0.25, -0.2) is 4.79 Å². The predicted molar refractivity (Wildman–Crippen MR) is 105 cm³/mol. The molecule has 2 heterocycles. The quantitative estimate of drug-likeness (QED) is 0.634. The summed E-state index contributed by atoms with van der Waals surface area (Å²) in [7, 11) is 0. The molecule has 0 saturated carbocycles. The molecular formula is C20H20ClN4O2+. The molecule has 1 aromatic heterocycles. The zero-order valence-electron chi connectivity index (χ0n) is 14.7. The van der Waals surface area contributed by atoms with Crippen molar-refractivity contribution in [3.63, 3.8) is 0 Å². The number of aromatic amines is 1. The lowest BCUT2D eigenvalue weighted by atomic mass is 10.1. The number of hydrogen-bond donors (Lipinski definition) is 3. The first kappa shape index (κ1) is 17.6. The van der Waals surface area contributed by atoms with E-state index in [0.717, 1.165) is 21.0 Å². The fraction of sp³-hybridized carbons (Fsp3) is 0.200. The molecule has 0 saturated heterocycles. The van der Waals surface area contributed by atoms with Gasteiger partial charge in [0, 0.05) is 10.6 Å². The van der Waals surface area contributed by atoms with Crippen LogP contribution in [0.15, 0.2) is 64.2 Å². The molecule has 1 aliphatic heterocycles. The minimum Gasteiger partial charge on any atom is -0.324 e. The van der Waals surface area contributed by atoms with Crippen LogP contribution in [0.4, 0.5) is 5.82 Å². The number of H-pyrrole nitrogens is 1. The first-order valence-corrected chi connectivity index (χ1v) is 9.20. The standard InChI is InChI=1S/C20H19ClN4O2/c21-17-9-5-4-8-15(17)11-24-12-16-18(22-13-24)25(20(27)23-19(16)26)10-14-6-2-1-3-7-14/h1-9,22H,10-13H2,(H,23,26,27)/p+1. The van der Waals surface area contributed by atoms with Crippen molar-refractivity contribution in [2.75, 3.05) is 12.0 Å². The van der Waals surface area contributed by atoms with Crippen LogP contribution >= 0.6 is 11.6 Å². The number of fused-ring (bicyclic) bond motifs is 1. The van der Waals surface area contributed by atoms with Gasteiger partial charge in [-0.15, -0.1) is 0 Å². The van der Waals surface area contributed by atoms with Crippen LogP contribution in [0.3, 0.4) is 0 Å². The summed E-state index contributed by atoms with van der Waals surface area (Å²) in [4.78, 5) is 28.4. The van der Waals surface area contributed by atoms with Crippen LogP contribution in [-0.2, 0) is 19.6 Å². The highest BCUT2D eigenvalue weighted by molar-refractivity contribution is 6.31. The van der Waals surface area contributed by atoms with Crippen LogP contribution in [0, 0.1) is 0 Å². The molecule has 0 bridgehead atoms. The Morgan fingerprint density at radius 3 is 2.56 bits per heavy atom. The fourth-order valence-corrected chi connectivity index (χ4v) is 3.65. The molecule has 0 amide bonds. The number of aromatic nitrogens is 2. The van der Waals surface area contributed by atoms with Crippen LogP contribution in [-0.4, -0.2) is 16.2 Å². The van der Waals surface area contributed by atoms with E-state index in [-0.39, 0.29) is 5.56 Å². The summed E-state index contributed by atoms with van der Waals surface area (Å²) in [6.45, 7) is 2.24. The SMILES string of the molecule is O=c1[nH]c(=O)n(Cc2ccccc2)c2c1C[NH+](Cc1ccccc1Cl)CN2. The molecule has 0 radical (unpaired) electrons. The van der Waals surface area contributed by atoms with Gasteiger partial charge in [-0.2, -0.15) is 0 Å². The molecule has 7 heteroatoms. The zero-order chi connectivity index (χ0) is 18.8. The van der Waals surface area contributed by atoms with Crippen molar-refractivity contribution in [1.29, 1.82) is 0 Å². The molecule has 0 aliphatic carbocycles. The average molecular weight is 384 g/mol. The van der Waals surface area contributed by atoms with Gasteiger partial charge < -0.3 is 10.2 Å². The highest BCUT2D eigenvalue weighted by atomic mass is 35.5. The molecule has 1 aliphatic rings. The first-order valence-electron chi connectivity index (χ1n) is 8.82. The van der Waals surface area contributed by atoms with Crippen molar-refractivity contribution in [3.05, 3.63) is 97.1 Å². The molecule has 1 atom stereocenters. The molecular weight excluding hydrogens is 364 g/mol. The van der Waals surface area contributed by atoms with Crippen LogP contribution in [0.5, 0.6) is 0 Å². The van der Waals surface area contributed by atoms with Crippen LogP contribution in [0.25, 0.3) is 0 Å². The number of nitrogens with one attached hydrogen (secondary N) is 3. The number of anilines is 1. The Labute approximate surface area is 161 Å². The fourth-order valence-electron chi connectivity index (χ4n) is 3.45. The third kappa shape index (κ3) is 3.67. The predicted octanol–water partition coefficient (Wildman–Crippen LogP) is 1.21. The summed E-state index contributed by atoms with van der Waals surface area (Å²) in [6.07, 6.45) is 0. The van der Waals surface area contributed by atoms with Crippen LogP contribution in [0.1, 0.15) is 16.7 Å². The van der Waals surface area contributed by atoms with Gasteiger partial charge in [-0.1, -0.05) is 60.1 Å². The van der Waals surface area contributed by atoms with Gasteiger partial charge >= 0.3 is 5.69 Å². The van der Waals surface area contributed by atoms with Crippen LogP contribution in [0.2, 0.25) is 5.02 Å². The van der Waals surface area contributed by atoms with Crippen molar-refractivity contribution in [1.82, 2.24) is 9.55 Å². The maximum absolute atomic E-state index is 12.4. The van der Waals surface area contributed by atoms with Crippen molar-refractivity contribution in [2.24, 2.45) is 0 Å². The Morgan fingerprint density at radius 2 is 1.78 bits per heavy atom. The third-order valence-corrected chi connectivity index (χ3v) is 5.18. The van der Waals surface area contributed by atoms with Crippen molar-refractivity contribution >= 4 is 17.4 Å². The number of hydrogen-bond acceptors (Lipinski definition) is 3. The third-order valence-electron chi connectivity index (χ3n) is 4.81. The molecule has 138 valence electrons. The van der Waals surface area contributed by atoms with E-state index in [1.165, 1.54) is 0 Å². The lowest BCUT2D eigenvalue weighted by molar-refractivity contribution is -0.926. The Bertz CT molecular complexity index is 1080. The molecule has 3 N–H and O–H groups in total. The smallest absolute Gasteiger partial charge is 0.324 e. The van der Waals surface area contributed by atoms with E-state index in [9.17, 15) is 9.59 Å². The normalized spacial score (nSPS) is 15.8. The van der Waals surface area contributed by atoms with Gasteiger partial charge in [0.25, 0.3) is 5.56 Å². The second-order valence-corrected chi connectivity index (χ2v) is 7.11. The summed E-state index contributed by atoms with van der Waals surface area (Å²) < 4.78 is 1.60. The molecule has 0 fully saturated rings. The monoisotopic (exact) mass is 383 g/mol. The minimum absolute atomic E-state index is 0.330. The maximum Gasteiger partial charge on any atom is 0.330 e.